The number of rotatable bonds is 4. The lowest BCUT2D eigenvalue weighted by Gasteiger charge is -2.25. The average molecular weight is 286 g/mol. The number of Topliss-reactive ketones (excluding diaryl/α,β-unsaturated/α-hetero) is 1. The van der Waals surface area contributed by atoms with Gasteiger partial charge in [-0.25, -0.2) is 0 Å². The fraction of sp³-hybridized carbons (Fsp3) is 0.471. The van der Waals surface area contributed by atoms with Gasteiger partial charge in [-0.3, -0.25) is 9.69 Å². The number of nitrogens with zero attached hydrogens (tertiary/aromatic N) is 1. The molecule has 1 aliphatic rings. The van der Waals surface area contributed by atoms with Crippen LogP contribution in [0.25, 0.3) is 10.9 Å². The van der Waals surface area contributed by atoms with E-state index < -0.39 is 0 Å². The Hall–Kier alpha value is -1.81. The van der Waals surface area contributed by atoms with Crippen LogP contribution >= 0.6 is 0 Å². The Morgan fingerprint density at radius 2 is 2.05 bits per heavy atom. The number of aryl methyl sites for hydroxylation is 1. The molecule has 0 aliphatic carbocycles. The van der Waals surface area contributed by atoms with Crippen LogP contribution in [0.2, 0.25) is 0 Å². The predicted molar refractivity (Wildman–Crippen MR) is 84.2 cm³/mol. The number of ether oxygens (including phenoxy) is 1. The lowest BCUT2D eigenvalue weighted by molar-refractivity contribution is 0.0917. The normalized spacial score (nSPS) is 16.3. The van der Waals surface area contributed by atoms with Crippen LogP contribution in [0.1, 0.15) is 35.3 Å². The van der Waals surface area contributed by atoms with Crippen molar-refractivity contribution in [1.29, 1.82) is 0 Å². The van der Waals surface area contributed by atoms with Gasteiger partial charge in [0.05, 0.1) is 13.7 Å². The predicted octanol–water partition coefficient (Wildman–Crippen LogP) is 3.15. The molecule has 1 saturated heterocycles. The van der Waals surface area contributed by atoms with Crippen LogP contribution in [0.3, 0.4) is 0 Å². The minimum atomic E-state index is 0.203. The summed E-state index contributed by atoms with van der Waals surface area (Å²) >= 11 is 0. The summed E-state index contributed by atoms with van der Waals surface area (Å²) in [7, 11) is 1.65. The quantitative estimate of drug-likeness (QED) is 0.878. The molecule has 2 heterocycles. The second-order valence-corrected chi connectivity index (χ2v) is 5.80. The highest BCUT2D eigenvalue weighted by Gasteiger charge is 2.20. The minimum Gasteiger partial charge on any atom is -0.497 e. The number of carbonyl (C=O) groups is 1. The molecule has 2 aromatic rings. The number of ketones is 1. The number of likely N-dealkylation sites (tertiary alicyclic amines) is 1. The molecule has 3 rings (SSSR count). The third kappa shape index (κ3) is 2.81. The minimum absolute atomic E-state index is 0.203. The lowest BCUT2D eigenvalue weighted by Crippen LogP contribution is -2.34. The Morgan fingerprint density at radius 1 is 1.29 bits per heavy atom. The van der Waals surface area contributed by atoms with E-state index >= 15 is 0 Å². The van der Waals surface area contributed by atoms with Gasteiger partial charge >= 0.3 is 0 Å². The molecule has 0 atom stereocenters. The molecule has 0 spiro atoms. The largest absolute Gasteiger partial charge is 0.497 e. The van der Waals surface area contributed by atoms with Crippen LogP contribution < -0.4 is 4.74 Å². The van der Waals surface area contributed by atoms with E-state index in [0.29, 0.717) is 6.54 Å². The van der Waals surface area contributed by atoms with Crippen molar-refractivity contribution in [3.63, 3.8) is 0 Å². The van der Waals surface area contributed by atoms with Gasteiger partial charge in [-0.2, -0.15) is 0 Å². The molecular formula is C17H22N2O2. The molecule has 21 heavy (non-hydrogen) atoms. The highest BCUT2D eigenvalue weighted by atomic mass is 16.5. The molecule has 0 saturated carbocycles. The molecule has 0 radical (unpaired) electrons. The maximum absolute atomic E-state index is 12.7. The summed E-state index contributed by atoms with van der Waals surface area (Å²) in [6.45, 7) is 4.56. The third-order valence-electron chi connectivity index (χ3n) is 4.29. The molecule has 4 nitrogen and oxygen atoms in total. The first-order valence-electron chi connectivity index (χ1n) is 7.61. The third-order valence-corrected chi connectivity index (χ3v) is 4.29. The van der Waals surface area contributed by atoms with Crippen LogP contribution in [0.4, 0.5) is 0 Å². The topological polar surface area (TPSA) is 45.3 Å². The summed E-state index contributed by atoms with van der Waals surface area (Å²) in [5, 5.41) is 0.967. The van der Waals surface area contributed by atoms with Crippen LogP contribution in [-0.4, -0.2) is 42.4 Å². The maximum atomic E-state index is 12.7. The Labute approximate surface area is 125 Å². The molecule has 0 unspecified atom stereocenters. The number of hydrogen-bond donors (Lipinski definition) is 1. The number of methoxy groups -OCH3 is 1. The fourth-order valence-electron chi connectivity index (χ4n) is 3.19. The first kappa shape index (κ1) is 14.1. The highest BCUT2D eigenvalue weighted by Crippen LogP contribution is 2.27. The van der Waals surface area contributed by atoms with Crippen molar-refractivity contribution in [2.24, 2.45) is 0 Å². The molecule has 112 valence electrons. The van der Waals surface area contributed by atoms with Crippen molar-refractivity contribution >= 4 is 16.7 Å². The van der Waals surface area contributed by atoms with E-state index in [1.165, 1.54) is 19.3 Å². The van der Waals surface area contributed by atoms with Gasteiger partial charge in [0.2, 0.25) is 0 Å². The van der Waals surface area contributed by atoms with Gasteiger partial charge in [-0.15, -0.1) is 0 Å². The van der Waals surface area contributed by atoms with E-state index in [0.717, 1.165) is 41.0 Å². The Bertz CT molecular complexity index is 654. The summed E-state index contributed by atoms with van der Waals surface area (Å²) in [5.41, 5.74) is 2.75. The van der Waals surface area contributed by atoms with Crippen LogP contribution in [0.5, 0.6) is 5.75 Å². The summed E-state index contributed by atoms with van der Waals surface area (Å²) < 4.78 is 5.28. The lowest BCUT2D eigenvalue weighted by atomic mass is 10.0. The molecule has 4 heteroatoms. The van der Waals surface area contributed by atoms with Gasteiger partial charge in [-0.05, 0) is 51.1 Å². The number of hydrogen-bond acceptors (Lipinski definition) is 3. The standard InChI is InChI=1S/C17H22N2O2/c1-12-17(16(20)11-19-8-4-3-5-9-19)14-10-13(21-2)6-7-15(14)18-12/h6-7,10,18H,3-5,8-9,11H2,1-2H3. The van der Waals surface area contributed by atoms with Crippen molar-refractivity contribution < 1.29 is 9.53 Å². The van der Waals surface area contributed by atoms with Crippen LogP contribution in [-0.2, 0) is 0 Å². The van der Waals surface area contributed by atoms with Crippen molar-refractivity contribution in [1.82, 2.24) is 9.88 Å². The zero-order valence-corrected chi connectivity index (χ0v) is 12.7. The SMILES string of the molecule is COc1ccc2[nH]c(C)c(C(=O)CN3CCCCC3)c2c1. The number of piperidine rings is 1. The van der Waals surface area contributed by atoms with Gasteiger partial charge in [-0.1, -0.05) is 6.42 Å². The number of fused-ring (bicyclic) bond motifs is 1. The van der Waals surface area contributed by atoms with Crippen LogP contribution in [0, 0.1) is 6.92 Å². The Morgan fingerprint density at radius 3 is 2.76 bits per heavy atom. The van der Waals surface area contributed by atoms with E-state index in [9.17, 15) is 4.79 Å². The Balaban J connectivity index is 1.90. The number of aromatic nitrogens is 1. The van der Waals surface area contributed by atoms with Gasteiger partial charge in [0.15, 0.2) is 5.78 Å². The molecule has 1 aromatic heterocycles. The molecule has 0 amide bonds. The van der Waals surface area contributed by atoms with Crippen LogP contribution in [0.15, 0.2) is 18.2 Å². The number of H-pyrrole nitrogens is 1. The smallest absolute Gasteiger partial charge is 0.179 e. The molecular weight excluding hydrogens is 264 g/mol. The molecule has 1 fully saturated rings. The monoisotopic (exact) mass is 286 g/mol. The van der Waals surface area contributed by atoms with E-state index in [4.69, 9.17) is 4.74 Å². The Kier molecular flexibility index (Phi) is 3.97. The van der Waals surface area contributed by atoms with E-state index in [1.807, 2.05) is 25.1 Å². The van der Waals surface area contributed by atoms with Gasteiger partial charge in [0, 0.05) is 22.2 Å². The average Bonchev–Trinajstić information content (AvgIpc) is 2.83. The maximum Gasteiger partial charge on any atom is 0.179 e. The van der Waals surface area contributed by atoms with Gasteiger partial charge < -0.3 is 9.72 Å². The van der Waals surface area contributed by atoms with E-state index in [-0.39, 0.29) is 5.78 Å². The van der Waals surface area contributed by atoms with Gasteiger partial charge in [0.1, 0.15) is 5.75 Å². The number of nitrogens with one attached hydrogen (secondary N) is 1. The zero-order chi connectivity index (χ0) is 14.8. The number of carbonyl (C=O) groups excluding carboxylic acids is 1. The number of aromatic amines is 1. The zero-order valence-electron chi connectivity index (χ0n) is 12.7. The second-order valence-electron chi connectivity index (χ2n) is 5.80. The van der Waals surface area contributed by atoms with Gasteiger partial charge in [0.25, 0.3) is 0 Å². The van der Waals surface area contributed by atoms with Crippen molar-refractivity contribution in [2.75, 3.05) is 26.7 Å². The van der Waals surface area contributed by atoms with E-state index in [1.54, 1.807) is 7.11 Å². The summed E-state index contributed by atoms with van der Waals surface area (Å²) in [5.74, 6) is 0.988. The van der Waals surface area contributed by atoms with Crippen molar-refractivity contribution in [3.05, 3.63) is 29.5 Å². The molecule has 1 aromatic carbocycles. The van der Waals surface area contributed by atoms with Crippen molar-refractivity contribution in [2.45, 2.75) is 26.2 Å². The van der Waals surface area contributed by atoms with E-state index in [2.05, 4.69) is 9.88 Å². The first-order valence-corrected chi connectivity index (χ1v) is 7.61. The summed E-state index contributed by atoms with van der Waals surface area (Å²) in [6, 6.07) is 5.83. The first-order chi connectivity index (χ1) is 10.2. The molecule has 1 N–H and O–H groups in total. The summed E-state index contributed by atoms with van der Waals surface area (Å²) in [4.78, 5) is 18.3. The summed E-state index contributed by atoms with van der Waals surface area (Å²) in [6.07, 6.45) is 3.69. The molecule has 1 aliphatic heterocycles. The number of benzene rings is 1. The highest BCUT2D eigenvalue weighted by molar-refractivity contribution is 6.10. The molecule has 0 bridgehead atoms. The second kappa shape index (κ2) is 5.90. The van der Waals surface area contributed by atoms with Crippen molar-refractivity contribution in [3.8, 4) is 5.75 Å². The fourth-order valence-corrected chi connectivity index (χ4v) is 3.19.